The summed E-state index contributed by atoms with van der Waals surface area (Å²) in [6.07, 6.45) is 1.31. The highest BCUT2D eigenvalue weighted by Crippen LogP contribution is 2.49. The Hall–Kier alpha value is -1.40. The number of ether oxygens (including phenoxy) is 2. The number of hydrogen-bond acceptors (Lipinski definition) is 8. The zero-order chi connectivity index (χ0) is 22.3. The van der Waals surface area contributed by atoms with Crippen molar-refractivity contribution in [3.63, 3.8) is 0 Å². The molecule has 10 heteroatoms. The van der Waals surface area contributed by atoms with Crippen molar-refractivity contribution in [2.45, 2.75) is 78.0 Å². The van der Waals surface area contributed by atoms with Gasteiger partial charge in [0.1, 0.15) is 12.3 Å². The third-order valence-electron chi connectivity index (χ3n) is 4.68. The van der Waals surface area contributed by atoms with E-state index < -0.39 is 14.8 Å². The number of aryl methyl sites for hydroxylation is 1. The molecule has 9 nitrogen and oxygen atoms in total. The lowest BCUT2D eigenvalue weighted by Gasteiger charge is -2.37. The molecular weight excluding hydrogens is 407 g/mol. The Labute approximate surface area is 179 Å². The first-order valence-corrected chi connectivity index (χ1v) is 11.4. The summed E-state index contributed by atoms with van der Waals surface area (Å²) in [4.78, 5) is 16.3. The van der Waals surface area contributed by atoms with Crippen LogP contribution in [0.15, 0.2) is 17.1 Å². The van der Waals surface area contributed by atoms with Gasteiger partial charge < -0.3 is 18.5 Å². The van der Waals surface area contributed by atoms with Crippen LogP contribution < -0.4 is 5.69 Å². The molecule has 168 valence electrons. The fourth-order valence-corrected chi connectivity index (χ4v) is 5.18. The van der Waals surface area contributed by atoms with Gasteiger partial charge in [0.25, 0.3) is 8.53 Å². The Morgan fingerprint density at radius 3 is 2.67 bits per heavy atom. The van der Waals surface area contributed by atoms with Crippen LogP contribution in [0.25, 0.3) is 0 Å². The molecule has 0 N–H and O–H groups in total. The maximum absolute atomic E-state index is 12.3. The van der Waals surface area contributed by atoms with Crippen molar-refractivity contribution >= 4 is 8.53 Å². The van der Waals surface area contributed by atoms with Gasteiger partial charge in [0.15, 0.2) is 0 Å². The van der Waals surface area contributed by atoms with Gasteiger partial charge in [-0.1, -0.05) is 0 Å². The third kappa shape index (κ3) is 6.55. The maximum atomic E-state index is 12.3. The number of aromatic nitrogens is 2. The average molecular weight is 440 g/mol. The summed E-state index contributed by atoms with van der Waals surface area (Å²) in [7, 11) is 0.185. The molecule has 0 aromatic carbocycles. The van der Waals surface area contributed by atoms with Crippen molar-refractivity contribution in [2.24, 2.45) is 0 Å². The van der Waals surface area contributed by atoms with Crippen LogP contribution >= 0.6 is 8.53 Å². The van der Waals surface area contributed by atoms with Gasteiger partial charge in [-0.2, -0.15) is 10.2 Å². The fourth-order valence-electron chi connectivity index (χ4n) is 3.42. The van der Waals surface area contributed by atoms with E-state index in [-0.39, 0.29) is 30.0 Å². The molecule has 4 atom stereocenters. The topological polar surface area (TPSA) is 98.8 Å². The maximum Gasteiger partial charge on any atom is 0.349 e. The molecule has 2 heterocycles. The summed E-state index contributed by atoms with van der Waals surface area (Å²) in [5.74, 6) is 0. The Balaban J connectivity index is 2.22. The van der Waals surface area contributed by atoms with E-state index >= 15 is 0 Å². The summed E-state index contributed by atoms with van der Waals surface area (Å²) >= 11 is 0. The van der Waals surface area contributed by atoms with Gasteiger partial charge in [-0.05, 0) is 40.7 Å². The Bertz CT molecular complexity index is 758. The quantitative estimate of drug-likeness (QED) is 0.382. The highest BCUT2D eigenvalue weighted by atomic mass is 31.2. The molecule has 1 aliphatic rings. The van der Waals surface area contributed by atoms with Gasteiger partial charge in [-0.25, -0.2) is 9.46 Å². The summed E-state index contributed by atoms with van der Waals surface area (Å²) in [6, 6.07) is 4.27. The van der Waals surface area contributed by atoms with Crippen molar-refractivity contribution in [3.8, 4) is 6.07 Å². The van der Waals surface area contributed by atoms with Gasteiger partial charge in [-0.15, -0.1) is 0 Å². The van der Waals surface area contributed by atoms with Crippen LogP contribution in [-0.4, -0.2) is 58.8 Å². The average Bonchev–Trinajstić information content (AvgIpc) is 3.03. The number of hydrogen-bond donors (Lipinski definition) is 0. The number of nitriles is 1. The number of nitrogens with zero attached hydrogens (tertiary/aromatic N) is 4. The minimum Gasteiger partial charge on any atom is -0.382 e. The molecule has 1 aromatic heterocycles. The molecule has 2 unspecified atom stereocenters. The van der Waals surface area contributed by atoms with Crippen LogP contribution in [0.2, 0.25) is 0 Å². The molecule has 0 amide bonds. The lowest BCUT2D eigenvalue weighted by molar-refractivity contribution is -0.0526. The van der Waals surface area contributed by atoms with Crippen molar-refractivity contribution in [1.29, 1.82) is 5.26 Å². The Morgan fingerprint density at radius 1 is 1.40 bits per heavy atom. The standard InChI is InChI=1S/C20H33N4O5P/c1-14(2)24(15(3)4)30(27-11-7-9-21)29-17-12-19(28-18(17)13-26-6)23-10-8-16(5)22-20(23)25/h8,10,14-15,17-19H,7,11-13H2,1-6H3/t17?,18-,19-,30?/m1/s1. The largest absolute Gasteiger partial charge is 0.382 e. The second-order valence-electron chi connectivity index (χ2n) is 7.77. The van der Waals surface area contributed by atoms with E-state index in [0.29, 0.717) is 31.7 Å². The molecule has 2 rings (SSSR count). The molecule has 30 heavy (non-hydrogen) atoms. The SMILES string of the molecule is COC[C@H]1O[C@@H](n2ccc(C)nc2=O)CC1OP(OCCC#N)N(C(C)C)C(C)C. The lowest BCUT2D eigenvalue weighted by Crippen LogP contribution is -2.36. The smallest absolute Gasteiger partial charge is 0.349 e. The minimum atomic E-state index is -1.42. The normalized spacial score (nSPS) is 22.7. The molecule has 0 spiro atoms. The second kappa shape index (κ2) is 11.8. The minimum absolute atomic E-state index is 0.195. The van der Waals surface area contributed by atoms with Gasteiger partial charge in [0.05, 0.1) is 31.8 Å². The molecule has 1 saturated heterocycles. The van der Waals surface area contributed by atoms with Crippen molar-refractivity contribution in [3.05, 3.63) is 28.4 Å². The first-order valence-electron chi connectivity index (χ1n) is 10.2. The zero-order valence-corrected chi connectivity index (χ0v) is 19.5. The molecule has 0 radical (unpaired) electrons. The Kier molecular flexibility index (Phi) is 9.82. The molecule has 1 aromatic rings. The van der Waals surface area contributed by atoms with Crippen molar-refractivity contribution < 1.29 is 18.5 Å². The lowest BCUT2D eigenvalue weighted by atomic mass is 10.2. The van der Waals surface area contributed by atoms with E-state index in [9.17, 15) is 4.79 Å². The zero-order valence-electron chi connectivity index (χ0n) is 18.6. The van der Waals surface area contributed by atoms with E-state index in [1.54, 1.807) is 26.3 Å². The third-order valence-corrected chi connectivity index (χ3v) is 6.83. The summed E-state index contributed by atoms with van der Waals surface area (Å²) < 4.78 is 27.5. The summed E-state index contributed by atoms with van der Waals surface area (Å²) in [5.41, 5.74) is 0.310. The van der Waals surface area contributed by atoms with Gasteiger partial charge in [-0.3, -0.25) is 4.57 Å². The van der Waals surface area contributed by atoms with Crippen molar-refractivity contribution in [1.82, 2.24) is 14.2 Å². The van der Waals surface area contributed by atoms with Crippen LogP contribution in [0.1, 0.15) is 52.5 Å². The van der Waals surface area contributed by atoms with E-state index in [0.717, 1.165) is 0 Å². The van der Waals surface area contributed by atoms with Gasteiger partial charge >= 0.3 is 5.69 Å². The highest BCUT2D eigenvalue weighted by Gasteiger charge is 2.41. The van der Waals surface area contributed by atoms with Crippen LogP contribution in [0.3, 0.4) is 0 Å². The second-order valence-corrected chi connectivity index (χ2v) is 9.18. The first-order chi connectivity index (χ1) is 14.3. The first kappa shape index (κ1) is 24.9. The molecule has 0 bridgehead atoms. The van der Waals surface area contributed by atoms with Gasteiger partial charge in [0.2, 0.25) is 0 Å². The predicted octanol–water partition coefficient (Wildman–Crippen LogP) is 3.15. The molecular formula is C20H33N4O5P. The van der Waals surface area contributed by atoms with Gasteiger partial charge in [0, 0.05) is 37.5 Å². The van der Waals surface area contributed by atoms with E-state index in [2.05, 4.69) is 43.4 Å². The van der Waals surface area contributed by atoms with Crippen LogP contribution in [-0.2, 0) is 18.5 Å². The molecule has 1 aliphatic heterocycles. The van der Waals surface area contributed by atoms with Crippen molar-refractivity contribution in [2.75, 3.05) is 20.3 Å². The van der Waals surface area contributed by atoms with Crippen LogP contribution in [0.4, 0.5) is 0 Å². The monoisotopic (exact) mass is 440 g/mol. The predicted molar refractivity (Wildman–Crippen MR) is 114 cm³/mol. The van der Waals surface area contributed by atoms with Crippen LogP contribution in [0, 0.1) is 18.3 Å². The van der Waals surface area contributed by atoms with E-state index in [1.807, 2.05) is 0 Å². The number of methoxy groups -OCH3 is 1. The molecule has 1 fully saturated rings. The Morgan fingerprint density at radius 2 is 2.10 bits per heavy atom. The molecule has 0 aliphatic carbocycles. The highest BCUT2D eigenvalue weighted by molar-refractivity contribution is 7.44. The van der Waals surface area contributed by atoms with E-state index in [4.69, 9.17) is 23.8 Å². The fraction of sp³-hybridized carbons (Fsp3) is 0.750. The summed E-state index contributed by atoms with van der Waals surface area (Å²) in [6.45, 7) is 10.8. The molecule has 0 saturated carbocycles. The number of rotatable bonds is 11. The van der Waals surface area contributed by atoms with Crippen LogP contribution in [0.5, 0.6) is 0 Å². The summed E-state index contributed by atoms with van der Waals surface area (Å²) in [5, 5.41) is 8.89. The van der Waals surface area contributed by atoms with E-state index in [1.165, 1.54) is 4.57 Å².